The molecule has 0 aromatic heterocycles. The fourth-order valence-electron chi connectivity index (χ4n) is 3.97. The molecule has 0 radical (unpaired) electrons. The summed E-state index contributed by atoms with van der Waals surface area (Å²) in [7, 11) is 2.45. The maximum absolute atomic E-state index is 12.6. The van der Waals surface area contributed by atoms with E-state index in [1.165, 1.54) is 14.2 Å². The van der Waals surface area contributed by atoms with Crippen molar-refractivity contribution in [3.8, 4) is 0 Å². The highest BCUT2D eigenvalue weighted by molar-refractivity contribution is 6.09. The van der Waals surface area contributed by atoms with E-state index in [-0.39, 0.29) is 24.4 Å². The van der Waals surface area contributed by atoms with Gasteiger partial charge in [-0.2, -0.15) is 0 Å². The van der Waals surface area contributed by atoms with Crippen LogP contribution in [-0.4, -0.2) is 37.7 Å². The molecule has 0 aromatic carbocycles. The first-order chi connectivity index (χ1) is 9.68. The van der Waals surface area contributed by atoms with Crippen LogP contribution in [0.15, 0.2) is 0 Å². The van der Waals surface area contributed by atoms with Gasteiger partial charge in [-0.1, -0.05) is 13.8 Å². The van der Waals surface area contributed by atoms with Crippen molar-refractivity contribution < 1.29 is 28.7 Å². The number of Topliss-reactive ketones (excluding diaryl/α,β-unsaturated/α-hetero) is 2. The molecule has 2 aliphatic rings. The second-order valence-corrected chi connectivity index (χ2v) is 6.59. The van der Waals surface area contributed by atoms with Gasteiger partial charge in [0.05, 0.1) is 14.2 Å². The zero-order valence-corrected chi connectivity index (χ0v) is 12.7. The van der Waals surface area contributed by atoms with Gasteiger partial charge in [0, 0.05) is 10.8 Å². The molecular formula is C15H20O6. The minimum atomic E-state index is -0.929. The average Bonchev–Trinajstić information content (AvgIpc) is 2.45. The Hall–Kier alpha value is -1.72. The number of ether oxygens (including phenoxy) is 2. The maximum Gasteiger partial charge on any atom is 0.316 e. The van der Waals surface area contributed by atoms with Gasteiger partial charge in [0.2, 0.25) is 0 Å². The molecule has 2 saturated carbocycles. The highest BCUT2D eigenvalue weighted by Crippen LogP contribution is 2.55. The van der Waals surface area contributed by atoms with Crippen LogP contribution in [0.5, 0.6) is 0 Å². The van der Waals surface area contributed by atoms with Crippen LogP contribution in [0.3, 0.4) is 0 Å². The molecule has 6 heteroatoms. The van der Waals surface area contributed by atoms with Crippen LogP contribution in [0.4, 0.5) is 0 Å². The fraction of sp³-hybridized carbons (Fsp3) is 0.733. The predicted octanol–water partition coefficient (Wildman–Crippen LogP) is 0.913. The van der Waals surface area contributed by atoms with Crippen molar-refractivity contribution in [1.29, 1.82) is 0 Å². The number of fused-ring (bicyclic) bond motifs is 2. The summed E-state index contributed by atoms with van der Waals surface area (Å²) < 4.78 is 9.37. The number of hydrogen-bond donors (Lipinski definition) is 0. The molecule has 0 aliphatic heterocycles. The van der Waals surface area contributed by atoms with Gasteiger partial charge in [-0.25, -0.2) is 0 Å². The lowest BCUT2D eigenvalue weighted by molar-refractivity contribution is -0.171. The smallest absolute Gasteiger partial charge is 0.316 e. The van der Waals surface area contributed by atoms with Crippen LogP contribution >= 0.6 is 0 Å². The third-order valence-corrected chi connectivity index (χ3v) is 4.88. The topological polar surface area (TPSA) is 86.7 Å². The molecule has 0 spiro atoms. The van der Waals surface area contributed by atoms with E-state index in [0.29, 0.717) is 6.42 Å². The normalized spacial score (nSPS) is 38.9. The number of carbonyl (C=O) groups is 4. The van der Waals surface area contributed by atoms with Crippen LogP contribution in [0.1, 0.15) is 33.1 Å². The molecule has 116 valence electrons. The summed E-state index contributed by atoms with van der Waals surface area (Å²) in [5.74, 6) is -3.56. The third kappa shape index (κ3) is 2.26. The lowest BCUT2D eigenvalue weighted by Gasteiger charge is -2.50. The summed E-state index contributed by atoms with van der Waals surface area (Å²) in [5, 5.41) is 0. The Labute approximate surface area is 123 Å². The lowest BCUT2D eigenvalue weighted by Crippen LogP contribution is -2.58. The van der Waals surface area contributed by atoms with Crippen LogP contribution in [-0.2, 0) is 28.7 Å². The Morgan fingerprint density at radius 2 is 1.24 bits per heavy atom. The Bertz CT molecular complexity index is 478. The number of esters is 2. The number of hydrogen-bond acceptors (Lipinski definition) is 6. The number of carbonyl (C=O) groups excluding carboxylic acids is 4. The fourth-order valence-corrected chi connectivity index (χ4v) is 3.97. The summed E-state index contributed by atoms with van der Waals surface area (Å²) in [6.45, 7) is 3.43. The molecule has 2 fully saturated rings. The summed E-state index contributed by atoms with van der Waals surface area (Å²) >= 11 is 0. The molecule has 0 aromatic rings. The standard InChI is InChI=1S/C15H20O6/c1-14-5-8(12(18)20-3)11(17)15(2,7-14)6-9(10(14)16)13(19)21-4/h8-9H,5-7H2,1-4H3. The summed E-state index contributed by atoms with van der Waals surface area (Å²) in [6.07, 6.45) is 0.555. The molecule has 4 unspecified atom stereocenters. The number of ketones is 2. The van der Waals surface area contributed by atoms with E-state index in [1.54, 1.807) is 13.8 Å². The van der Waals surface area contributed by atoms with Gasteiger partial charge >= 0.3 is 11.9 Å². The lowest BCUT2D eigenvalue weighted by atomic mass is 9.50. The van der Waals surface area contributed by atoms with Crippen LogP contribution in [0.25, 0.3) is 0 Å². The highest BCUT2D eigenvalue weighted by atomic mass is 16.5. The molecule has 2 bridgehead atoms. The van der Waals surface area contributed by atoms with Gasteiger partial charge in [-0.3, -0.25) is 19.2 Å². The predicted molar refractivity (Wildman–Crippen MR) is 71.1 cm³/mol. The van der Waals surface area contributed by atoms with E-state index in [4.69, 9.17) is 0 Å². The van der Waals surface area contributed by atoms with E-state index in [0.717, 1.165) is 0 Å². The minimum Gasteiger partial charge on any atom is -0.468 e. The zero-order valence-electron chi connectivity index (χ0n) is 12.7. The molecule has 0 amide bonds. The second kappa shape index (κ2) is 4.93. The SMILES string of the molecule is COC(=O)C1CC2(C)CC(C)(CC(C(=O)OC)C2=O)C1=O. The van der Waals surface area contributed by atoms with Gasteiger partial charge in [0.15, 0.2) is 11.6 Å². The monoisotopic (exact) mass is 296 g/mol. The quantitative estimate of drug-likeness (QED) is 0.556. The Kier molecular flexibility index (Phi) is 3.68. The van der Waals surface area contributed by atoms with Gasteiger partial charge in [-0.15, -0.1) is 0 Å². The van der Waals surface area contributed by atoms with Gasteiger partial charge < -0.3 is 9.47 Å². The molecule has 2 rings (SSSR count). The summed E-state index contributed by atoms with van der Waals surface area (Å²) in [5.41, 5.74) is -1.75. The molecule has 2 aliphatic carbocycles. The largest absolute Gasteiger partial charge is 0.468 e. The highest BCUT2D eigenvalue weighted by Gasteiger charge is 2.61. The van der Waals surface area contributed by atoms with Crippen molar-refractivity contribution >= 4 is 23.5 Å². The van der Waals surface area contributed by atoms with Crippen molar-refractivity contribution in [1.82, 2.24) is 0 Å². The van der Waals surface area contributed by atoms with Gasteiger partial charge in [-0.05, 0) is 19.3 Å². The van der Waals surface area contributed by atoms with Crippen molar-refractivity contribution in [2.45, 2.75) is 33.1 Å². The van der Waals surface area contributed by atoms with Gasteiger partial charge in [0.1, 0.15) is 11.8 Å². The van der Waals surface area contributed by atoms with E-state index in [1.807, 2.05) is 0 Å². The van der Waals surface area contributed by atoms with Crippen LogP contribution in [0.2, 0.25) is 0 Å². The molecule has 6 nitrogen and oxygen atoms in total. The Morgan fingerprint density at radius 3 is 1.52 bits per heavy atom. The first-order valence-electron chi connectivity index (χ1n) is 6.93. The van der Waals surface area contributed by atoms with E-state index in [9.17, 15) is 19.2 Å². The summed E-state index contributed by atoms with van der Waals surface area (Å²) in [4.78, 5) is 48.8. The molecular weight excluding hydrogens is 276 g/mol. The van der Waals surface area contributed by atoms with Crippen LogP contribution in [0, 0.1) is 22.7 Å². The second-order valence-electron chi connectivity index (χ2n) is 6.59. The van der Waals surface area contributed by atoms with E-state index in [2.05, 4.69) is 9.47 Å². The van der Waals surface area contributed by atoms with E-state index < -0.39 is 34.6 Å². The van der Waals surface area contributed by atoms with Crippen molar-refractivity contribution in [3.63, 3.8) is 0 Å². The Morgan fingerprint density at radius 1 is 0.905 bits per heavy atom. The molecule has 0 saturated heterocycles. The average molecular weight is 296 g/mol. The first kappa shape index (κ1) is 15.7. The molecule has 21 heavy (non-hydrogen) atoms. The Balaban J connectivity index is 2.43. The summed E-state index contributed by atoms with van der Waals surface area (Å²) in [6, 6.07) is 0. The maximum atomic E-state index is 12.6. The third-order valence-electron chi connectivity index (χ3n) is 4.88. The molecule has 0 N–H and O–H groups in total. The van der Waals surface area contributed by atoms with E-state index >= 15 is 0 Å². The van der Waals surface area contributed by atoms with Crippen molar-refractivity contribution in [2.24, 2.45) is 22.7 Å². The number of methoxy groups -OCH3 is 2. The first-order valence-corrected chi connectivity index (χ1v) is 6.93. The van der Waals surface area contributed by atoms with Crippen molar-refractivity contribution in [2.75, 3.05) is 14.2 Å². The van der Waals surface area contributed by atoms with Gasteiger partial charge in [0.25, 0.3) is 0 Å². The zero-order chi connectivity index (χ0) is 16.0. The molecule has 0 heterocycles. The van der Waals surface area contributed by atoms with Crippen molar-refractivity contribution in [3.05, 3.63) is 0 Å². The van der Waals surface area contributed by atoms with Crippen LogP contribution < -0.4 is 0 Å². The minimum absolute atomic E-state index is 0.0976. The molecule has 4 atom stereocenters. The number of rotatable bonds is 2.